The molecular formula is C23H17Cl2NO. The molecule has 0 saturated heterocycles. The molecule has 2 nitrogen and oxygen atoms in total. The molecule has 0 aliphatic heterocycles. The predicted octanol–water partition coefficient (Wildman–Crippen LogP) is 6.88. The van der Waals surface area contributed by atoms with Gasteiger partial charge in [0.25, 0.3) is 0 Å². The summed E-state index contributed by atoms with van der Waals surface area (Å²) >= 11 is 12.6. The highest BCUT2D eigenvalue weighted by molar-refractivity contribution is 6.35. The first kappa shape index (κ1) is 17.8. The second-order valence-electron chi connectivity index (χ2n) is 6.50. The third kappa shape index (κ3) is 3.64. The van der Waals surface area contributed by atoms with Crippen molar-refractivity contribution in [1.82, 2.24) is 4.98 Å². The first-order valence-electron chi connectivity index (χ1n) is 8.72. The highest BCUT2D eigenvalue weighted by atomic mass is 35.5. The molecule has 1 aromatic heterocycles. The molecule has 0 unspecified atom stereocenters. The van der Waals surface area contributed by atoms with Crippen molar-refractivity contribution in [2.24, 2.45) is 0 Å². The molecule has 0 spiro atoms. The summed E-state index contributed by atoms with van der Waals surface area (Å²) in [5.41, 5.74) is 3.69. The number of hydrogen-bond acceptors (Lipinski definition) is 1. The number of ketones is 1. The van der Waals surface area contributed by atoms with E-state index in [-0.39, 0.29) is 11.7 Å². The Morgan fingerprint density at radius 1 is 0.889 bits per heavy atom. The van der Waals surface area contributed by atoms with Gasteiger partial charge in [0.1, 0.15) is 0 Å². The monoisotopic (exact) mass is 393 g/mol. The quantitative estimate of drug-likeness (QED) is 0.368. The zero-order valence-electron chi connectivity index (χ0n) is 14.5. The Balaban J connectivity index is 1.81. The van der Waals surface area contributed by atoms with E-state index in [0.29, 0.717) is 22.0 Å². The Hall–Kier alpha value is -2.55. The van der Waals surface area contributed by atoms with Crippen LogP contribution in [0.25, 0.3) is 10.9 Å². The number of rotatable bonds is 5. The molecule has 1 N–H and O–H groups in total. The second kappa shape index (κ2) is 7.59. The third-order valence-corrected chi connectivity index (χ3v) is 5.38. The molecule has 27 heavy (non-hydrogen) atoms. The van der Waals surface area contributed by atoms with Crippen LogP contribution in [0.1, 0.15) is 33.8 Å². The van der Waals surface area contributed by atoms with Gasteiger partial charge in [0.05, 0.1) is 0 Å². The lowest BCUT2D eigenvalue weighted by Gasteiger charge is -2.18. The van der Waals surface area contributed by atoms with Crippen LogP contribution in [0, 0.1) is 0 Å². The summed E-state index contributed by atoms with van der Waals surface area (Å²) in [5.74, 6) is -0.0875. The van der Waals surface area contributed by atoms with Gasteiger partial charge in [-0.1, -0.05) is 77.8 Å². The van der Waals surface area contributed by atoms with E-state index in [1.165, 1.54) is 0 Å². The Morgan fingerprint density at radius 2 is 1.63 bits per heavy atom. The first-order valence-corrected chi connectivity index (χ1v) is 9.48. The van der Waals surface area contributed by atoms with Gasteiger partial charge in [0.2, 0.25) is 0 Å². The number of fused-ring (bicyclic) bond motifs is 1. The standard InChI is InChI=1S/C23H17Cl2NO/c24-16-10-11-17(21(25)12-16)19(13-23(27)15-6-2-1-3-7-15)20-14-26-22-9-5-4-8-18(20)22/h1-12,14,19,26H,13H2/t19-/m0/s1. The molecule has 1 heterocycles. The minimum Gasteiger partial charge on any atom is -0.361 e. The van der Waals surface area contributed by atoms with Gasteiger partial charge >= 0.3 is 0 Å². The first-order chi connectivity index (χ1) is 13.1. The summed E-state index contributed by atoms with van der Waals surface area (Å²) in [6, 6.07) is 22.9. The summed E-state index contributed by atoms with van der Waals surface area (Å²) < 4.78 is 0. The van der Waals surface area contributed by atoms with Crippen LogP contribution < -0.4 is 0 Å². The van der Waals surface area contributed by atoms with Crippen molar-refractivity contribution in [1.29, 1.82) is 0 Å². The minimum atomic E-state index is -0.168. The molecule has 0 bridgehead atoms. The summed E-state index contributed by atoms with van der Waals surface area (Å²) in [4.78, 5) is 16.3. The molecule has 0 amide bonds. The van der Waals surface area contributed by atoms with Crippen LogP contribution in [-0.2, 0) is 0 Å². The van der Waals surface area contributed by atoms with E-state index in [4.69, 9.17) is 23.2 Å². The van der Waals surface area contributed by atoms with Gasteiger partial charge in [0, 0.05) is 45.0 Å². The van der Waals surface area contributed by atoms with Crippen LogP contribution in [0.5, 0.6) is 0 Å². The number of aromatic amines is 1. The van der Waals surface area contributed by atoms with Crippen molar-refractivity contribution in [2.75, 3.05) is 0 Å². The molecule has 4 heteroatoms. The lowest BCUT2D eigenvalue weighted by Crippen LogP contribution is -2.09. The van der Waals surface area contributed by atoms with E-state index in [0.717, 1.165) is 22.0 Å². The molecule has 4 rings (SSSR count). The van der Waals surface area contributed by atoms with Crippen LogP contribution in [0.4, 0.5) is 0 Å². The maximum Gasteiger partial charge on any atom is 0.163 e. The lowest BCUT2D eigenvalue weighted by molar-refractivity contribution is 0.0978. The molecular weight excluding hydrogens is 377 g/mol. The number of benzene rings is 3. The van der Waals surface area contributed by atoms with Crippen LogP contribution in [-0.4, -0.2) is 10.8 Å². The number of aromatic nitrogens is 1. The number of para-hydroxylation sites is 1. The van der Waals surface area contributed by atoms with Crippen molar-refractivity contribution in [3.63, 3.8) is 0 Å². The minimum absolute atomic E-state index is 0.0805. The lowest BCUT2D eigenvalue weighted by atomic mass is 9.85. The summed E-state index contributed by atoms with van der Waals surface area (Å²) in [5, 5.41) is 2.24. The Labute approximate surface area is 167 Å². The smallest absolute Gasteiger partial charge is 0.163 e. The normalized spacial score (nSPS) is 12.2. The summed E-state index contributed by atoms with van der Waals surface area (Å²) in [7, 11) is 0. The SMILES string of the molecule is O=C(C[C@@H](c1ccc(Cl)cc1Cl)c1c[nH]c2ccccc12)c1ccccc1. The molecule has 3 aromatic carbocycles. The average molecular weight is 394 g/mol. The van der Waals surface area contributed by atoms with Gasteiger partial charge in [-0.3, -0.25) is 4.79 Å². The summed E-state index contributed by atoms with van der Waals surface area (Å²) in [6.07, 6.45) is 2.30. The van der Waals surface area contributed by atoms with Gasteiger partial charge in [-0.2, -0.15) is 0 Å². The predicted molar refractivity (Wildman–Crippen MR) is 112 cm³/mol. The van der Waals surface area contributed by atoms with Crippen molar-refractivity contribution < 1.29 is 4.79 Å². The molecule has 1 atom stereocenters. The van der Waals surface area contributed by atoms with Crippen LogP contribution in [0.15, 0.2) is 79.0 Å². The number of halogens is 2. The van der Waals surface area contributed by atoms with Crippen LogP contribution in [0.3, 0.4) is 0 Å². The highest BCUT2D eigenvalue weighted by Crippen LogP contribution is 2.38. The molecule has 0 saturated carbocycles. The molecule has 0 aliphatic rings. The van der Waals surface area contributed by atoms with Gasteiger partial charge in [-0.05, 0) is 29.3 Å². The van der Waals surface area contributed by atoms with E-state index in [9.17, 15) is 4.79 Å². The number of carbonyl (C=O) groups is 1. The summed E-state index contributed by atoms with van der Waals surface area (Å²) in [6.45, 7) is 0. The molecule has 4 aromatic rings. The van der Waals surface area contributed by atoms with Gasteiger partial charge < -0.3 is 4.98 Å². The number of carbonyl (C=O) groups excluding carboxylic acids is 1. The van der Waals surface area contributed by atoms with E-state index < -0.39 is 0 Å². The number of H-pyrrole nitrogens is 1. The Bertz CT molecular complexity index is 1100. The molecule has 134 valence electrons. The number of nitrogens with one attached hydrogen (secondary N) is 1. The van der Waals surface area contributed by atoms with Crippen LogP contribution in [0.2, 0.25) is 10.0 Å². The van der Waals surface area contributed by atoms with Crippen molar-refractivity contribution in [3.8, 4) is 0 Å². The fourth-order valence-electron chi connectivity index (χ4n) is 3.48. The van der Waals surface area contributed by atoms with E-state index in [1.807, 2.05) is 66.9 Å². The Kier molecular flexibility index (Phi) is 5.02. The second-order valence-corrected chi connectivity index (χ2v) is 7.34. The van der Waals surface area contributed by atoms with E-state index in [1.54, 1.807) is 6.07 Å². The van der Waals surface area contributed by atoms with Crippen molar-refractivity contribution in [3.05, 3.63) is 106 Å². The Morgan fingerprint density at radius 3 is 2.41 bits per heavy atom. The zero-order valence-corrected chi connectivity index (χ0v) is 16.0. The topological polar surface area (TPSA) is 32.9 Å². The molecule has 0 aliphatic carbocycles. The highest BCUT2D eigenvalue weighted by Gasteiger charge is 2.24. The largest absolute Gasteiger partial charge is 0.361 e. The van der Waals surface area contributed by atoms with Crippen molar-refractivity contribution >= 4 is 39.9 Å². The number of hydrogen-bond donors (Lipinski definition) is 1. The number of Topliss-reactive ketones (excluding diaryl/α,β-unsaturated/α-hetero) is 1. The maximum absolute atomic E-state index is 13.0. The zero-order chi connectivity index (χ0) is 18.8. The fraction of sp³-hybridized carbons (Fsp3) is 0.0870. The molecule has 0 radical (unpaired) electrons. The van der Waals surface area contributed by atoms with Gasteiger partial charge in [-0.25, -0.2) is 0 Å². The van der Waals surface area contributed by atoms with Gasteiger partial charge in [-0.15, -0.1) is 0 Å². The van der Waals surface area contributed by atoms with Crippen molar-refractivity contribution in [2.45, 2.75) is 12.3 Å². The van der Waals surface area contributed by atoms with E-state index >= 15 is 0 Å². The van der Waals surface area contributed by atoms with E-state index in [2.05, 4.69) is 11.1 Å². The molecule has 0 fully saturated rings. The fourth-order valence-corrected chi connectivity index (χ4v) is 4.02. The van der Waals surface area contributed by atoms with Gasteiger partial charge in [0.15, 0.2) is 5.78 Å². The maximum atomic E-state index is 13.0. The average Bonchev–Trinajstić information content (AvgIpc) is 3.11. The third-order valence-electron chi connectivity index (χ3n) is 4.82. The van der Waals surface area contributed by atoms with Crippen LogP contribution >= 0.6 is 23.2 Å².